The molecule has 0 spiro atoms. The van der Waals surface area contributed by atoms with Crippen LogP contribution in [0, 0.1) is 5.92 Å². The van der Waals surface area contributed by atoms with Gasteiger partial charge in [-0.2, -0.15) is 0 Å². The van der Waals surface area contributed by atoms with E-state index in [1.165, 1.54) is 6.07 Å². The number of carbonyl (C=O) groups is 1. The first-order chi connectivity index (χ1) is 9.45. The van der Waals surface area contributed by atoms with Crippen molar-refractivity contribution < 1.29 is 13.2 Å². The summed E-state index contributed by atoms with van der Waals surface area (Å²) in [6.45, 7) is 0. The summed E-state index contributed by atoms with van der Waals surface area (Å²) >= 11 is 0. The molecule has 1 amide bonds. The van der Waals surface area contributed by atoms with Crippen molar-refractivity contribution in [2.45, 2.75) is 43.0 Å². The van der Waals surface area contributed by atoms with Crippen LogP contribution in [0.2, 0.25) is 0 Å². The van der Waals surface area contributed by atoms with Gasteiger partial charge in [-0.15, -0.1) is 0 Å². The van der Waals surface area contributed by atoms with Crippen molar-refractivity contribution >= 4 is 15.9 Å². The highest BCUT2D eigenvalue weighted by molar-refractivity contribution is 7.89. The number of hydrogen-bond donors (Lipinski definition) is 2. The molecule has 1 fully saturated rings. The first-order valence-electron chi connectivity index (χ1n) is 6.91. The topological polar surface area (TPSA) is 89.3 Å². The van der Waals surface area contributed by atoms with Crippen LogP contribution in [-0.2, 0) is 21.2 Å². The summed E-state index contributed by atoms with van der Waals surface area (Å²) in [5.74, 6) is 0.308. The quantitative estimate of drug-likeness (QED) is 0.879. The minimum absolute atomic E-state index is 0.00128. The Labute approximate surface area is 118 Å². The Balaban J connectivity index is 1.87. The van der Waals surface area contributed by atoms with Crippen LogP contribution in [0.4, 0.5) is 0 Å². The zero-order valence-corrected chi connectivity index (χ0v) is 11.9. The Morgan fingerprint density at radius 1 is 1.25 bits per heavy atom. The number of rotatable bonds is 3. The van der Waals surface area contributed by atoms with E-state index in [1.807, 2.05) is 0 Å². The van der Waals surface area contributed by atoms with Crippen LogP contribution in [-0.4, -0.2) is 14.3 Å². The minimum atomic E-state index is -3.67. The highest BCUT2D eigenvalue weighted by Gasteiger charge is 2.32. The summed E-state index contributed by atoms with van der Waals surface area (Å²) in [6, 6.07) is 4.95. The average Bonchev–Trinajstić information content (AvgIpc) is 3.21. The van der Waals surface area contributed by atoms with Crippen molar-refractivity contribution in [2.24, 2.45) is 11.1 Å². The van der Waals surface area contributed by atoms with Crippen molar-refractivity contribution in [2.75, 3.05) is 0 Å². The summed E-state index contributed by atoms with van der Waals surface area (Å²) < 4.78 is 22.8. The van der Waals surface area contributed by atoms with Crippen LogP contribution < -0.4 is 10.5 Å². The number of fused-ring (bicyclic) bond motifs is 1. The third-order valence-electron chi connectivity index (χ3n) is 4.02. The zero-order chi connectivity index (χ0) is 14.3. The molecule has 108 valence electrons. The van der Waals surface area contributed by atoms with E-state index in [0.717, 1.165) is 43.2 Å². The number of nitrogens with one attached hydrogen (secondary N) is 1. The molecule has 2 aliphatic carbocycles. The number of amides is 1. The van der Waals surface area contributed by atoms with Gasteiger partial charge in [-0.05, 0) is 55.4 Å². The number of sulfonamides is 1. The molecular weight excluding hydrogens is 276 g/mol. The number of benzene rings is 1. The van der Waals surface area contributed by atoms with Gasteiger partial charge in [0, 0.05) is 5.92 Å². The van der Waals surface area contributed by atoms with Gasteiger partial charge in [-0.3, -0.25) is 4.79 Å². The lowest BCUT2D eigenvalue weighted by Gasteiger charge is -2.26. The number of hydrogen-bond acceptors (Lipinski definition) is 3. The van der Waals surface area contributed by atoms with Crippen molar-refractivity contribution in [1.82, 2.24) is 5.32 Å². The number of nitrogens with two attached hydrogens (primary N) is 1. The number of carbonyl (C=O) groups excluding carboxylic acids is 1. The molecule has 0 bridgehead atoms. The Morgan fingerprint density at radius 2 is 2.00 bits per heavy atom. The van der Waals surface area contributed by atoms with E-state index in [0.29, 0.717) is 0 Å². The first kappa shape index (κ1) is 13.6. The van der Waals surface area contributed by atoms with Gasteiger partial charge in [0.05, 0.1) is 10.9 Å². The third-order valence-corrected chi connectivity index (χ3v) is 4.93. The maximum atomic E-state index is 11.9. The van der Waals surface area contributed by atoms with E-state index in [9.17, 15) is 13.2 Å². The highest BCUT2D eigenvalue weighted by Crippen LogP contribution is 2.34. The van der Waals surface area contributed by atoms with Gasteiger partial charge in [0.2, 0.25) is 15.9 Å². The van der Waals surface area contributed by atoms with Crippen LogP contribution in [0.15, 0.2) is 23.1 Å². The molecular formula is C14H18N2O3S. The number of aryl methyl sites for hydroxylation is 1. The molecule has 1 atom stereocenters. The second-order valence-electron chi connectivity index (χ2n) is 5.63. The number of primary sulfonamides is 1. The molecule has 6 heteroatoms. The SMILES string of the molecule is NS(=O)(=O)c1ccc2c(c1)CCCC2NC(=O)C1CC1. The van der Waals surface area contributed by atoms with Crippen molar-refractivity contribution in [3.63, 3.8) is 0 Å². The van der Waals surface area contributed by atoms with Gasteiger partial charge in [-0.1, -0.05) is 6.07 Å². The molecule has 0 aliphatic heterocycles. The Hall–Kier alpha value is -1.40. The summed E-state index contributed by atoms with van der Waals surface area (Å²) in [5.41, 5.74) is 2.00. The van der Waals surface area contributed by atoms with E-state index in [2.05, 4.69) is 5.32 Å². The van der Waals surface area contributed by atoms with Crippen LogP contribution in [0.5, 0.6) is 0 Å². The summed E-state index contributed by atoms with van der Waals surface area (Å²) in [6.07, 6.45) is 4.64. The Bertz CT molecular complexity index is 650. The zero-order valence-electron chi connectivity index (χ0n) is 11.1. The van der Waals surface area contributed by atoms with Gasteiger partial charge in [0.15, 0.2) is 0 Å². The van der Waals surface area contributed by atoms with Crippen molar-refractivity contribution in [3.05, 3.63) is 29.3 Å². The average molecular weight is 294 g/mol. The lowest BCUT2D eigenvalue weighted by molar-refractivity contribution is -0.123. The fourth-order valence-electron chi connectivity index (χ4n) is 2.75. The molecule has 1 saturated carbocycles. The van der Waals surface area contributed by atoms with Crippen LogP contribution >= 0.6 is 0 Å². The van der Waals surface area contributed by atoms with Gasteiger partial charge in [0.25, 0.3) is 0 Å². The second kappa shape index (κ2) is 4.86. The highest BCUT2D eigenvalue weighted by atomic mass is 32.2. The van der Waals surface area contributed by atoms with E-state index in [1.54, 1.807) is 12.1 Å². The first-order valence-corrected chi connectivity index (χ1v) is 8.46. The second-order valence-corrected chi connectivity index (χ2v) is 7.19. The minimum Gasteiger partial charge on any atom is -0.349 e. The molecule has 3 rings (SSSR count). The molecule has 1 aromatic rings. The maximum absolute atomic E-state index is 11.9. The molecule has 1 aromatic carbocycles. The lowest BCUT2D eigenvalue weighted by atomic mass is 9.87. The van der Waals surface area contributed by atoms with E-state index < -0.39 is 10.0 Å². The molecule has 0 heterocycles. The predicted octanol–water partition coefficient (Wildman–Crippen LogP) is 1.24. The Kier molecular flexibility index (Phi) is 3.30. The summed E-state index contributed by atoms with van der Waals surface area (Å²) in [4.78, 5) is 12.0. The van der Waals surface area contributed by atoms with Crippen LogP contribution in [0.3, 0.4) is 0 Å². The monoisotopic (exact) mass is 294 g/mol. The Morgan fingerprint density at radius 3 is 2.65 bits per heavy atom. The molecule has 2 aliphatic rings. The van der Waals surface area contributed by atoms with Gasteiger partial charge >= 0.3 is 0 Å². The lowest BCUT2D eigenvalue weighted by Crippen LogP contribution is -2.32. The molecule has 0 saturated heterocycles. The largest absolute Gasteiger partial charge is 0.349 e. The van der Waals surface area contributed by atoms with Crippen molar-refractivity contribution in [1.29, 1.82) is 0 Å². The normalized spacial score (nSPS) is 22.1. The standard InChI is InChI=1S/C14H18N2O3S/c15-20(18,19)11-6-7-12-10(8-11)2-1-3-13(12)16-14(17)9-4-5-9/h6-9,13H,1-5H2,(H,16,17)(H2,15,18,19). The fraction of sp³-hybridized carbons (Fsp3) is 0.500. The van der Waals surface area contributed by atoms with Gasteiger partial charge < -0.3 is 5.32 Å². The smallest absolute Gasteiger partial charge is 0.238 e. The van der Waals surface area contributed by atoms with Crippen molar-refractivity contribution in [3.8, 4) is 0 Å². The maximum Gasteiger partial charge on any atom is 0.238 e. The fourth-order valence-corrected chi connectivity index (χ4v) is 3.32. The summed E-state index contributed by atoms with van der Waals surface area (Å²) in [7, 11) is -3.67. The molecule has 0 radical (unpaired) electrons. The third kappa shape index (κ3) is 2.71. The van der Waals surface area contributed by atoms with Crippen LogP contribution in [0.25, 0.3) is 0 Å². The molecule has 1 unspecified atom stereocenters. The van der Waals surface area contributed by atoms with E-state index >= 15 is 0 Å². The molecule has 5 nitrogen and oxygen atoms in total. The van der Waals surface area contributed by atoms with E-state index in [4.69, 9.17) is 5.14 Å². The van der Waals surface area contributed by atoms with E-state index in [-0.39, 0.29) is 22.8 Å². The molecule has 20 heavy (non-hydrogen) atoms. The predicted molar refractivity (Wildman–Crippen MR) is 74.4 cm³/mol. The summed E-state index contributed by atoms with van der Waals surface area (Å²) in [5, 5.41) is 8.23. The van der Waals surface area contributed by atoms with Crippen LogP contribution in [0.1, 0.15) is 42.9 Å². The van der Waals surface area contributed by atoms with Gasteiger partial charge in [0.1, 0.15) is 0 Å². The van der Waals surface area contributed by atoms with Gasteiger partial charge in [-0.25, -0.2) is 13.6 Å². The molecule has 0 aromatic heterocycles. The molecule has 3 N–H and O–H groups in total.